The van der Waals surface area contributed by atoms with Crippen molar-refractivity contribution in [2.45, 2.75) is 45.9 Å². The molecule has 1 aromatic rings. The third-order valence-corrected chi connectivity index (χ3v) is 5.93. The summed E-state index contributed by atoms with van der Waals surface area (Å²) < 4.78 is 23.9. The van der Waals surface area contributed by atoms with Crippen LogP contribution in [0, 0.1) is 11.3 Å². The summed E-state index contributed by atoms with van der Waals surface area (Å²) >= 11 is 0. The molecule has 0 aliphatic rings. The lowest BCUT2D eigenvalue weighted by Gasteiger charge is -2.29. The zero-order valence-electron chi connectivity index (χ0n) is 13.2. The number of hydrogen-bond acceptors (Lipinski definition) is 3. The van der Waals surface area contributed by atoms with Crippen LogP contribution in [0.1, 0.15) is 41.0 Å². The first-order valence-corrected chi connectivity index (χ1v) is 8.91. The van der Waals surface area contributed by atoms with Gasteiger partial charge in [-0.1, -0.05) is 34.6 Å². The van der Waals surface area contributed by atoms with Crippen LogP contribution in [0.2, 0.25) is 0 Å². The molecule has 1 aromatic carbocycles. The molecule has 0 unspecified atom stereocenters. The molecule has 3 nitrogen and oxygen atoms in total. The number of benzene rings is 1. The molecule has 0 spiro atoms. The minimum Gasteiger partial charge on any atom is -0.384 e. The first-order valence-electron chi connectivity index (χ1n) is 7.26. The van der Waals surface area contributed by atoms with Crippen LogP contribution < -0.4 is 5.32 Å². The van der Waals surface area contributed by atoms with E-state index in [4.69, 9.17) is 0 Å². The van der Waals surface area contributed by atoms with E-state index in [1.54, 1.807) is 12.1 Å². The van der Waals surface area contributed by atoms with Gasteiger partial charge in [-0.2, -0.15) is 0 Å². The van der Waals surface area contributed by atoms with Crippen molar-refractivity contribution in [2.24, 2.45) is 11.3 Å². The summed E-state index contributed by atoms with van der Waals surface area (Å²) in [5.74, 6) is 0.791. The number of anilines is 1. The topological polar surface area (TPSA) is 46.2 Å². The van der Waals surface area contributed by atoms with E-state index < -0.39 is 9.84 Å². The highest BCUT2D eigenvalue weighted by Gasteiger charge is 2.21. The summed E-state index contributed by atoms with van der Waals surface area (Å²) in [5, 5.41) is 3.38. The quantitative estimate of drug-likeness (QED) is 0.828. The molecule has 1 rings (SSSR count). The molecule has 0 aromatic heterocycles. The number of nitrogens with one attached hydrogen (secondary N) is 1. The van der Waals surface area contributed by atoms with Gasteiger partial charge in [0.2, 0.25) is 0 Å². The van der Waals surface area contributed by atoms with Gasteiger partial charge in [0, 0.05) is 12.2 Å². The van der Waals surface area contributed by atoms with Crippen LogP contribution in [0.25, 0.3) is 0 Å². The fourth-order valence-corrected chi connectivity index (χ4v) is 3.02. The van der Waals surface area contributed by atoms with Crippen molar-refractivity contribution in [2.75, 3.05) is 17.6 Å². The third-order valence-electron chi connectivity index (χ3n) is 4.00. The predicted molar refractivity (Wildman–Crippen MR) is 85.9 cm³/mol. The van der Waals surface area contributed by atoms with Crippen LogP contribution in [0.15, 0.2) is 29.2 Å². The second kappa shape index (κ2) is 6.61. The van der Waals surface area contributed by atoms with Crippen LogP contribution in [0.4, 0.5) is 5.69 Å². The minimum atomic E-state index is -3.11. The number of sulfone groups is 1. The van der Waals surface area contributed by atoms with Crippen LogP contribution in [0.3, 0.4) is 0 Å². The summed E-state index contributed by atoms with van der Waals surface area (Å²) in [7, 11) is -3.11. The predicted octanol–water partition coefficient (Wildman–Crippen LogP) is 3.96. The van der Waals surface area contributed by atoms with Crippen LogP contribution >= 0.6 is 0 Å². The molecule has 0 radical (unpaired) electrons. The maximum atomic E-state index is 11.9. The first-order chi connectivity index (χ1) is 9.19. The Labute approximate surface area is 123 Å². The van der Waals surface area contributed by atoms with Crippen molar-refractivity contribution < 1.29 is 8.42 Å². The molecule has 0 amide bonds. The van der Waals surface area contributed by atoms with Gasteiger partial charge in [-0.25, -0.2) is 8.42 Å². The van der Waals surface area contributed by atoms with E-state index in [1.165, 1.54) is 0 Å². The summed E-state index contributed by atoms with van der Waals surface area (Å²) in [5.41, 5.74) is 1.17. The molecule has 0 saturated heterocycles. The lowest BCUT2D eigenvalue weighted by Crippen LogP contribution is -2.28. The Kier molecular flexibility index (Phi) is 5.63. The fourth-order valence-electron chi connectivity index (χ4n) is 1.70. The van der Waals surface area contributed by atoms with E-state index >= 15 is 0 Å². The second-order valence-corrected chi connectivity index (χ2v) is 8.45. The maximum Gasteiger partial charge on any atom is 0.178 e. The molecule has 1 N–H and O–H groups in total. The Morgan fingerprint density at radius 1 is 1.15 bits per heavy atom. The van der Waals surface area contributed by atoms with Gasteiger partial charge in [0.1, 0.15) is 0 Å². The first kappa shape index (κ1) is 17.0. The minimum absolute atomic E-state index is 0.201. The molecule has 20 heavy (non-hydrogen) atoms. The summed E-state index contributed by atoms with van der Waals surface area (Å²) in [6, 6.07) is 7.07. The van der Waals surface area contributed by atoms with Crippen LogP contribution in [0.5, 0.6) is 0 Å². The average molecular weight is 297 g/mol. The monoisotopic (exact) mass is 297 g/mol. The lowest BCUT2D eigenvalue weighted by molar-refractivity contribution is 0.269. The van der Waals surface area contributed by atoms with Gasteiger partial charge in [-0.3, -0.25) is 0 Å². The van der Waals surface area contributed by atoms with Crippen molar-refractivity contribution >= 4 is 15.5 Å². The standard InChI is InChI=1S/C16H27NO2S/c1-6-11-20(18,19)15-9-7-14(8-10-15)17-12-16(4,5)13(2)3/h7-10,13,17H,6,11-12H2,1-5H3. The van der Waals surface area contributed by atoms with E-state index in [0.29, 0.717) is 17.2 Å². The van der Waals surface area contributed by atoms with Crippen molar-refractivity contribution in [3.63, 3.8) is 0 Å². The van der Waals surface area contributed by atoms with Gasteiger partial charge in [-0.15, -0.1) is 0 Å². The molecular formula is C16H27NO2S. The van der Waals surface area contributed by atoms with Gasteiger partial charge in [0.15, 0.2) is 9.84 Å². The molecule has 0 saturated carbocycles. The zero-order chi connectivity index (χ0) is 15.4. The Morgan fingerprint density at radius 3 is 2.15 bits per heavy atom. The normalized spacial score (nSPS) is 12.7. The third kappa shape index (κ3) is 4.51. The van der Waals surface area contributed by atoms with Gasteiger partial charge in [0.25, 0.3) is 0 Å². The molecule has 0 bridgehead atoms. The SMILES string of the molecule is CCCS(=O)(=O)c1ccc(NCC(C)(C)C(C)C)cc1. The largest absolute Gasteiger partial charge is 0.384 e. The summed E-state index contributed by atoms with van der Waals surface area (Å²) in [6.07, 6.45) is 0.644. The molecule has 0 aliphatic heterocycles. The molecule has 0 fully saturated rings. The van der Waals surface area contributed by atoms with E-state index in [0.717, 1.165) is 12.2 Å². The van der Waals surface area contributed by atoms with Crippen molar-refractivity contribution in [3.8, 4) is 0 Å². The molecule has 0 aliphatic carbocycles. The van der Waals surface area contributed by atoms with Crippen molar-refractivity contribution in [3.05, 3.63) is 24.3 Å². The average Bonchev–Trinajstić information content (AvgIpc) is 2.37. The van der Waals surface area contributed by atoms with Gasteiger partial charge in [-0.05, 0) is 42.0 Å². The Bertz CT molecular complexity index is 516. The molecule has 114 valence electrons. The Balaban J connectivity index is 2.73. The smallest absolute Gasteiger partial charge is 0.178 e. The number of rotatable bonds is 7. The molecule has 0 heterocycles. The molecule has 0 atom stereocenters. The summed E-state index contributed by atoms with van der Waals surface area (Å²) in [6.45, 7) is 11.6. The second-order valence-electron chi connectivity index (χ2n) is 6.34. The van der Waals surface area contributed by atoms with Crippen LogP contribution in [-0.4, -0.2) is 20.7 Å². The highest BCUT2D eigenvalue weighted by Crippen LogP contribution is 2.26. The van der Waals surface area contributed by atoms with E-state index in [2.05, 4.69) is 33.0 Å². The zero-order valence-corrected chi connectivity index (χ0v) is 14.0. The van der Waals surface area contributed by atoms with Crippen molar-refractivity contribution in [1.82, 2.24) is 0 Å². The highest BCUT2D eigenvalue weighted by molar-refractivity contribution is 7.91. The van der Waals surface area contributed by atoms with Crippen molar-refractivity contribution in [1.29, 1.82) is 0 Å². The molecular weight excluding hydrogens is 270 g/mol. The lowest BCUT2D eigenvalue weighted by atomic mass is 9.81. The Hall–Kier alpha value is -1.03. The van der Waals surface area contributed by atoms with E-state index in [-0.39, 0.29) is 11.2 Å². The van der Waals surface area contributed by atoms with Gasteiger partial charge < -0.3 is 5.32 Å². The highest BCUT2D eigenvalue weighted by atomic mass is 32.2. The van der Waals surface area contributed by atoms with Gasteiger partial charge >= 0.3 is 0 Å². The number of hydrogen-bond donors (Lipinski definition) is 1. The van der Waals surface area contributed by atoms with Gasteiger partial charge in [0.05, 0.1) is 10.6 Å². The van der Waals surface area contributed by atoms with E-state index in [9.17, 15) is 8.42 Å². The Morgan fingerprint density at radius 2 is 1.70 bits per heavy atom. The summed E-state index contributed by atoms with van der Waals surface area (Å²) in [4.78, 5) is 0.410. The van der Waals surface area contributed by atoms with E-state index in [1.807, 2.05) is 19.1 Å². The fraction of sp³-hybridized carbons (Fsp3) is 0.625. The van der Waals surface area contributed by atoms with Crippen LogP contribution in [-0.2, 0) is 9.84 Å². The molecule has 4 heteroatoms. The maximum absolute atomic E-state index is 11.9.